The third kappa shape index (κ3) is 5.94. The summed E-state index contributed by atoms with van der Waals surface area (Å²) >= 11 is 0. The number of aryl methyl sites for hydroxylation is 8. The summed E-state index contributed by atoms with van der Waals surface area (Å²) in [5.41, 5.74) is 20.9. The third-order valence-electron chi connectivity index (χ3n) is 10.3. The maximum Gasteiger partial charge on any atom is 0.164 e. The zero-order chi connectivity index (χ0) is 34.6. The van der Waals surface area contributed by atoms with Crippen molar-refractivity contribution < 1.29 is 0 Å². The van der Waals surface area contributed by atoms with Crippen LogP contribution in [0.1, 0.15) is 67.3 Å². The molecule has 48 heavy (non-hydrogen) atoms. The average molecular weight is 632 g/mol. The van der Waals surface area contributed by atoms with Crippen molar-refractivity contribution in [3.05, 3.63) is 122 Å². The highest BCUT2D eigenvalue weighted by Gasteiger charge is 2.22. The van der Waals surface area contributed by atoms with Crippen LogP contribution in [0.2, 0.25) is 0 Å². The molecule has 3 aromatic heterocycles. The van der Waals surface area contributed by atoms with Crippen LogP contribution in [0.15, 0.2) is 54.6 Å². The van der Waals surface area contributed by atoms with Crippen molar-refractivity contribution in [1.29, 1.82) is 0 Å². The Labute approximate surface area is 285 Å². The predicted octanol–water partition coefficient (Wildman–Crippen LogP) is 10.7. The highest BCUT2D eigenvalue weighted by Crippen LogP contribution is 2.37. The van der Waals surface area contributed by atoms with Crippen molar-refractivity contribution >= 4 is 0 Å². The van der Waals surface area contributed by atoms with Crippen LogP contribution < -0.4 is 0 Å². The molecule has 0 unspecified atom stereocenters. The van der Waals surface area contributed by atoms with Crippen molar-refractivity contribution in [3.8, 4) is 56.4 Å². The van der Waals surface area contributed by atoms with Crippen molar-refractivity contribution in [1.82, 2.24) is 24.9 Å². The quantitative estimate of drug-likeness (QED) is 0.189. The molecule has 5 heteroatoms. The summed E-state index contributed by atoms with van der Waals surface area (Å²) in [5.74, 6) is 1.96. The van der Waals surface area contributed by atoms with Crippen molar-refractivity contribution in [2.24, 2.45) is 0 Å². The number of hydrogen-bond acceptors (Lipinski definition) is 5. The standard InChI is InChI=1S/C43H45N5/c1-22-13-15-34(17-24(22)3)36-19-37(35-16-14-23(2)25(4)18-35)21-38(20-36)41-46-42(39-26(5)30(9)44-31(10)27(39)6)48-43(47-41)40-28(7)32(11)45-33(12)29(40)8/h13-21H,1-12H3. The molecular formula is C43H45N5. The van der Waals surface area contributed by atoms with Crippen LogP contribution in [0, 0.1) is 83.1 Å². The van der Waals surface area contributed by atoms with E-state index in [4.69, 9.17) is 24.9 Å². The molecule has 242 valence electrons. The first kappa shape index (κ1) is 32.9. The van der Waals surface area contributed by atoms with Gasteiger partial charge in [-0.15, -0.1) is 0 Å². The number of pyridine rings is 2. The fourth-order valence-corrected chi connectivity index (χ4v) is 6.46. The first-order valence-electron chi connectivity index (χ1n) is 16.7. The first-order chi connectivity index (χ1) is 22.7. The number of aromatic nitrogens is 5. The maximum atomic E-state index is 5.27. The zero-order valence-electron chi connectivity index (χ0n) is 30.4. The largest absolute Gasteiger partial charge is 0.258 e. The monoisotopic (exact) mass is 631 g/mol. The first-order valence-corrected chi connectivity index (χ1v) is 16.7. The average Bonchev–Trinajstić information content (AvgIpc) is 3.05. The van der Waals surface area contributed by atoms with Gasteiger partial charge in [-0.3, -0.25) is 9.97 Å². The van der Waals surface area contributed by atoms with Crippen LogP contribution in [-0.4, -0.2) is 24.9 Å². The lowest BCUT2D eigenvalue weighted by Crippen LogP contribution is -2.08. The summed E-state index contributed by atoms with van der Waals surface area (Å²) in [5, 5.41) is 0. The van der Waals surface area contributed by atoms with E-state index in [9.17, 15) is 0 Å². The highest BCUT2D eigenvalue weighted by molar-refractivity contribution is 5.81. The van der Waals surface area contributed by atoms with Gasteiger partial charge in [0.05, 0.1) is 0 Å². The van der Waals surface area contributed by atoms with E-state index in [0.29, 0.717) is 17.5 Å². The van der Waals surface area contributed by atoms with Gasteiger partial charge in [0.2, 0.25) is 0 Å². The van der Waals surface area contributed by atoms with E-state index >= 15 is 0 Å². The van der Waals surface area contributed by atoms with E-state index in [1.807, 2.05) is 0 Å². The van der Waals surface area contributed by atoms with Crippen LogP contribution >= 0.6 is 0 Å². The van der Waals surface area contributed by atoms with E-state index in [2.05, 4.69) is 138 Å². The molecule has 3 heterocycles. The second-order valence-corrected chi connectivity index (χ2v) is 13.5. The van der Waals surface area contributed by atoms with Gasteiger partial charge in [-0.05, 0) is 168 Å². The molecule has 0 aliphatic heterocycles. The number of hydrogen-bond donors (Lipinski definition) is 0. The number of rotatable bonds is 5. The van der Waals surface area contributed by atoms with Crippen molar-refractivity contribution in [2.45, 2.75) is 83.1 Å². The molecule has 6 aromatic rings. The van der Waals surface area contributed by atoms with E-state index in [1.54, 1.807) is 0 Å². The molecule has 0 spiro atoms. The molecule has 0 saturated heterocycles. The van der Waals surface area contributed by atoms with Crippen LogP contribution in [-0.2, 0) is 0 Å². The minimum atomic E-state index is 0.641. The van der Waals surface area contributed by atoms with Gasteiger partial charge in [0.25, 0.3) is 0 Å². The van der Waals surface area contributed by atoms with Gasteiger partial charge in [0.15, 0.2) is 17.5 Å². The Morgan fingerprint density at radius 3 is 0.979 bits per heavy atom. The fraction of sp³-hybridized carbons (Fsp3) is 0.279. The van der Waals surface area contributed by atoms with Gasteiger partial charge in [0.1, 0.15) is 0 Å². The lowest BCUT2D eigenvalue weighted by molar-refractivity contribution is 1.01. The summed E-state index contributed by atoms with van der Waals surface area (Å²) in [6.45, 7) is 25.3. The van der Waals surface area contributed by atoms with Gasteiger partial charge in [-0.1, -0.05) is 36.4 Å². The molecule has 0 atom stereocenters. The van der Waals surface area contributed by atoms with Gasteiger partial charge in [0, 0.05) is 39.5 Å². The van der Waals surface area contributed by atoms with Crippen molar-refractivity contribution in [3.63, 3.8) is 0 Å². The molecule has 0 aliphatic carbocycles. The summed E-state index contributed by atoms with van der Waals surface area (Å²) in [4.78, 5) is 25.4. The van der Waals surface area contributed by atoms with E-state index < -0.39 is 0 Å². The molecular weight excluding hydrogens is 587 g/mol. The van der Waals surface area contributed by atoms with E-state index in [1.165, 1.54) is 33.4 Å². The molecule has 5 nitrogen and oxygen atoms in total. The number of benzene rings is 3. The van der Waals surface area contributed by atoms with Crippen molar-refractivity contribution in [2.75, 3.05) is 0 Å². The van der Waals surface area contributed by atoms with E-state index in [-0.39, 0.29) is 0 Å². The Kier molecular flexibility index (Phi) is 8.59. The molecule has 0 saturated carbocycles. The second kappa shape index (κ2) is 12.5. The normalized spacial score (nSPS) is 11.3. The van der Waals surface area contributed by atoms with Gasteiger partial charge < -0.3 is 0 Å². The highest BCUT2D eigenvalue weighted by atomic mass is 15.0. The second-order valence-electron chi connectivity index (χ2n) is 13.5. The minimum Gasteiger partial charge on any atom is -0.258 e. The molecule has 0 aliphatic rings. The Balaban J connectivity index is 1.70. The van der Waals surface area contributed by atoms with Gasteiger partial charge >= 0.3 is 0 Å². The van der Waals surface area contributed by atoms with Gasteiger partial charge in [-0.25, -0.2) is 15.0 Å². The summed E-state index contributed by atoms with van der Waals surface area (Å²) < 4.78 is 0. The predicted molar refractivity (Wildman–Crippen MR) is 199 cm³/mol. The molecule has 0 N–H and O–H groups in total. The molecule has 6 rings (SSSR count). The molecule has 0 fully saturated rings. The number of nitrogens with zero attached hydrogens (tertiary/aromatic N) is 5. The summed E-state index contributed by atoms with van der Waals surface area (Å²) in [6.07, 6.45) is 0. The smallest absolute Gasteiger partial charge is 0.164 e. The SMILES string of the molecule is Cc1ccc(-c2cc(-c3ccc(C)c(C)c3)cc(-c3nc(-c4c(C)c(C)nc(C)c4C)nc(-c4c(C)c(C)nc(C)c4C)n3)c2)cc1C. The molecule has 0 radical (unpaired) electrons. The Bertz CT molecular complexity index is 2060. The van der Waals surface area contributed by atoms with Crippen LogP contribution in [0.5, 0.6) is 0 Å². The topological polar surface area (TPSA) is 64.5 Å². The fourth-order valence-electron chi connectivity index (χ4n) is 6.46. The van der Waals surface area contributed by atoms with Crippen LogP contribution in [0.25, 0.3) is 56.4 Å². The van der Waals surface area contributed by atoms with Crippen LogP contribution in [0.3, 0.4) is 0 Å². The van der Waals surface area contributed by atoms with Gasteiger partial charge in [-0.2, -0.15) is 0 Å². The lowest BCUT2D eigenvalue weighted by Gasteiger charge is -2.18. The summed E-state index contributed by atoms with van der Waals surface area (Å²) in [7, 11) is 0. The Hall–Kier alpha value is -5.03. The molecule has 3 aromatic carbocycles. The Morgan fingerprint density at radius 1 is 0.292 bits per heavy atom. The maximum absolute atomic E-state index is 5.27. The minimum absolute atomic E-state index is 0.641. The summed E-state index contributed by atoms with van der Waals surface area (Å²) in [6, 6.07) is 20.1. The van der Waals surface area contributed by atoms with Crippen LogP contribution in [0.4, 0.5) is 0 Å². The molecule has 0 amide bonds. The molecule has 0 bridgehead atoms. The third-order valence-corrected chi connectivity index (χ3v) is 10.3. The lowest BCUT2D eigenvalue weighted by atomic mass is 9.93. The van der Waals surface area contributed by atoms with E-state index in [0.717, 1.165) is 72.8 Å². The zero-order valence-corrected chi connectivity index (χ0v) is 30.4. The Morgan fingerprint density at radius 2 is 0.625 bits per heavy atom.